The minimum atomic E-state index is -1.18. The quantitative estimate of drug-likeness (QED) is 0.258. The topological polar surface area (TPSA) is 121 Å². The smallest absolute Gasteiger partial charge is 0.309 e. The van der Waals surface area contributed by atoms with Crippen molar-refractivity contribution in [2.24, 2.45) is 56.2 Å². The Bertz CT molecular complexity index is 1760. The number of amides is 1. The van der Waals surface area contributed by atoms with E-state index in [0.717, 1.165) is 62.5 Å². The highest BCUT2D eigenvalue weighted by molar-refractivity contribution is 6.01. The van der Waals surface area contributed by atoms with Crippen LogP contribution >= 0.6 is 0 Å². The number of aliphatic hydroxyl groups excluding tert-OH is 1. The van der Waals surface area contributed by atoms with E-state index in [4.69, 9.17) is 4.74 Å². The van der Waals surface area contributed by atoms with Crippen molar-refractivity contribution in [3.05, 3.63) is 46.5 Å². The van der Waals surface area contributed by atoms with Gasteiger partial charge in [-0.25, -0.2) is 0 Å². The summed E-state index contributed by atoms with van der Waals surface area (Å²) < 4.78 is 6.16. The number of benzene rings is 1. The molecule has 1 amide bonds. The molecule has 1 aromatic carbocycles. The van der Waals surface area contributed by atoms with Crippen LogP contribution in [0.15, 0.2) is 35.4 Å². The average molecular weight is 730 g/mol. The molecule has 0 aromatic heterocycles. The molecule has 8 nitrogen and oxygen atoms in total. The summed E-state index contributed by atoms with van der Waals surface area (Å²) in [6.07, 6.45) is 6.59. The minimum absolute atomic E-state index is 0.0106. The first-order valence-corrected chi connectivity index (χ1v) is 20.4. The van der Waals surface area contributed by atoms with Gasteiger partial charge in [-0.05, 0) is 122 Å². The molecule has 5 aliphatic carbocycles. The van der Waals surface area contributed by atoms with E-state index in [1.165, 1.54) is 5.57 Å². The van der Waals surface area contributed by atoms with E-state index in [9.17, 15) is 29.4 Å². The lowest BCUT2D eigenvalue weighted by Gasteiger charge is -2.72. The molecule has 53 heavy (non-hydrogen) atoms. The van der Waals surface area contributed by atoms with Gasteiger partial charge in [-0.15, -0.1) is 0 Å². The van der Waals surface area contributed by atoms with Crippen molar-refractivity contribution in [3.8, 4) is 0 Å². The second-order valence-corrected chi connectivity index (χ2v) is 20.4. The molecule has 0 radical (unpaired) electrons. The second kappa shape index (κ2) is 12.5. The number of esters is 1. The van der Waals surface area contributed by atoms with Gasteiger partial charge in [0, 0.05) is 35.9 Å². The van der Waals surface area contributed by atoms with E-state index in [-0.39, 0.29) is 64.3 Å². The zero-order valence-electron chi connectivity index (χ0n) is 33.6. The SMILES string of the molecule is CC(C)C1=C2[C@H]3CC[C@@H]4[C@@]5(C)CC[C@H](OC(=O)CC(C)(C)C(=O)O)C(C)(C)[C@H]5CC[C@@]4(C)[C@]3(C)CC[C@@]2([C@@H](O)CN2Cc3ccccc3C2=O)CC1=O. The molecule has 9 atom stereocenters. The summed E-state index contributed by atoms with van der Waals surface area (Å²) in [4.78, 5) is 54.2. The van der Waals surface area contributed by atoms with Gasteiger partial charge in [0.1, 0.15) is 6.10 Å². The highest BCUT2D eigenvalue weighted by Crippen LogP contribution is 2.77. The number of ether oxygens (including phenoxy) is 1. The molecule has 6 aliphatic rings. The second-order valence-electron chi connectivity index (χ2n) is 20.4. The Kier molecular flexibility index (Phi) is 9.04. The van der Waals surface area contributed by atoms with E-state index in [1.807, 2.05) is 24.3 Å². The lowest BCUT2D eigenvalue weighted by Crippen LogP contribution is -2.66. The fourth-order valence-electron chi connectivity index (χ4n) is 13.8. The number of Topliss-reactive ketones (excluding diaryl/α,β-unsaturated/α-hetero) is 1. The maximum atomic E-state index is 14.1. The van der Waals surface area contributed by atoms with Crippen LogP contribution < -0.4 is 0 Å². The van der Waals surface area contributed by atoms with Gasteiger partial charge in [-0.2, -0.15) is 0 Å². The molecular weight excluding hydrogens is 666 g/mol. The summed E-state index contributed by atoms with van der Waals surface area (Å²) in [7, 11) is 0. The first kappa shape index (κ1) is 38.3. The molecule has 0 unspecified atom stereocenters. The lowest BCUT2D eigenvalue weighted by molar-refractivity contribution is -0.235. The Labute approximate surface area is 316 Å². The monoisotopic (exact) mass is 729 g/mol. The van der Waals surface area contributed by atoms with Crippen LogP contribution in [-0.4, -0.2) is 57.5 Å². The molecule has 4 fully saturated rings. The van der Waals surface area contributed by atoms with Crippen LogP contribution in [0.4, 0.5) is 0 Å². The van der Waals surface area contributed by atoms with Crippen LogP contribution in [-0.2, 0) is 25.7 Å². The summed E-state index contributed by atoms with van der Waals surface area (Å²) >= 11 is 0. The van der Waals surface area contributed by atoms with Crippen molar-refractivity contribution in [3.63, 3.8) is 0 Å². The van der Waals surface area contributed by atoms with Crippen LogP contribution in [0, 0.1) is 56.2 Å². The number of aliphatic carboxylic acids is 1. The molecule has 2 N–H and O–H groups in total. The zero-order chi connectivity index (χ0) is 38.7. The van der Waals surface area contributed by atoms with Crippen LogP contribution in [0.2, 0.25) is 0 Å². The maximum absolute atomic E-state index is 14.1. The van der Waals surface area contributed by atoms with Gasteiger partial charge in [-0.3, -0.25) is 19.2 Å². The Balaban J connectivity index is 1.17. The number of ketones is 1. The third-order valence-corrected chi connectivity index (χ3v) is 16.8. The summed E-state index contributed by atoms with van der Waals surface area (Å²) in [5, 5.41) is 22.0. The van der Waals surface area contributed by atoms with E-state index in [2.05, 4.69) is 48.5 Å². The lowest BCUT2D eigenvalue weighted by atomic mass is 9.33. The third-order valence-electron chi connectivity index (χ3n) is 16.8. The Morgan fingerprint density at radius 3 is 2.28 bits per heavy atom. The Morgan fingerprint density at radius 2 is 1.62 bits per heavy atom. The number of aliphatic hydroxyl groups is 1. The van der Waals surface area contributed by atoms with Gasteiger partial charge in [-0.1, -0.05) is 72.2 Å². The first-order valence-electron chi connectivity index (χ1n) is 20.4. The summed E-state index contributed by atoms with van der Waals surface area (Å²) in [5.74, 6) is -0.243. The highest BCUT2D eigenvalue weighted by Gasteiger charge is 2.71. The number of carbonyl (C=O) groups is 4. The molecule has 290 valence electrons. The molecular formula is C45H63NO7. The van der Waals surface area contributed by atoms with Crippen LogP contribution in [0.25, 0.3) is 0 Å². The fourth-order valence-corrected chi connectivity index (χ4v) is 13.8. The van der Waals surface area contributed by atoms with E-state index < -0.39 is 28.9 Å². The standard InChI is InChI=1S/C45H63NO7/c1-26(2)36-30(47)22-45(33(48)25-46-24-27-12-10-11-13-28(27)38(46)50)21-20-43(8)29(37(36)45)14-15-32-42(7)18-17-34(53-35(49)23-40(3,4)39(51)52)41(5,6)31(42)16-19-44(32,43)9/h10-13,26,29,31-34,48H,14-25H2,1-9H3,(H,51,52)/t29-,31-,32-,33+,34+,42+,43-,44-,45+/m1/s1. The number of carboxylic acid groups (broad SMARTS) is 1. The summed E-state index contributed by atoms with van der Waals surface area (Å²) in [6, 6.07) is 7.70. The normalized spacial score (nSPS) is 38.1. The predicted octanol–water partition coefficient (Wildman–Crippen LogP) is 8.40. The average Bonchev–Trinajstić information content (AvgIpc) is 3.56. The molecule has 7 rings (SSSR count). The van der Waals surface area contributed by atoms with E-state index >= 15 is 0 Å². The molecule has 1 aromatic rings. The number of allylic oxidation sites excluding steroid dienone is 1. The zero-order valence-corrected chi connectivity index (χ0v) is 33.6. The number of β-amino-alcohol motifs (C(OH)–C–C–N with tert-alkyl or cyclic N) is 1. The van der Waals surface area contributed by atoms with Crippen LogP contribution in [0.3, 0.4) is 0 Å². The summed E-state index contributed by atoms with van der Waals surface area (Å²) in [6.45, 7) is 20.2. The van der Waals surface area contributed by atoms with Gasteiger partial charge in [0.15, 0.2) is 5.78 Å². The van der Waals surface area contributed by atoms with Crippen molar-refractivity contribution < 1.29 is 34.1 Å². The Hall–Kier alpha value is -3.00. The molecule has 1 aliphatic heterocycles. The highest BCUT2D eigenvalue weighted by atomic mass is 16.5. The molecule has 0 spiro atoms. The van der Waals surface area contributed by atoms with E-state index in [1.54, 1.807) is 18.7 Å². The van der Waals surface area contributed by atoms with Crippen LogP contribution in [0.5, 0.6) is 0 Å². The van der Waals surface area contributed by atoms with Crippen molar-refractivity contribution in [2.75, 3.05) is 6.54 Å². The van der Waals surface area contributed by atoms with Gasteiger partial charge >= 0.3 is 11.9 Å². The fraction of sp³-hybridized carbons (Fsp3) is 0.733. The summed E-state index contributed by atoms with van der Waals surface area (Å²) in [5.41, 5.74) is 1.74. The largest absolute Gasteiger partial charge is 0.481 e. The molecule has 0 saturated heterocycles. The molecule has 0 bridgehead atoms. The van der Waals surface area contributed by atoms with Crippen molar-refractivity contribution >= 4 is 23.6 Å². The molecule has 1 heterocycles. The Morgan fingerprint density at radius 1 is 0.925 bits per heavy atom. The third kappa shape index (κ3) is 5.44. The first-order chi connectivity index (χ1) is 24.6. The maximum Gasteiger partial charge on any atom is 0.309 e. The van der Waals surface area contributed by atoms with Gasteiger partial charge in [0.25, 0.3) is 5.91 Å². The number of carboxylic acids is 1. The number of rotatable bonds is 8. The van der Waals surface area contributed by atoms with Gasteiger partial charge in [0.2, 0.25) is 0 Å². The van der Waals surface area contributed by atoms with Crippen molar-refractivity contribution in [1.82, 2.24) is 4.90 Å². The number of carbonyl (C=O) groups excluding carboxylic acids is 3. The number of hydrogen-bond acceptors (Lipinski definition) is 6. The van der Waals surface area contributed by atoms with Gasteiger partial charge < -0.3 is 19.8 Å². The van der Waals surface area contributed by atoms with Crippen molar-refractivity contribution in [2.45, 2.75) is 145 Å². The predicted molar refractivity (Wildman–Crippen MR) is 203 cm³/mol. The number of fused-ring (bicyclic) bond motifs is 8. The minimum Gasteiger partial charge on any atom is -0.481 e. The van der Waals surface area contributed by atoms with Crippen LogP contribution in [0.1, 0.15) is 142 Å². The van der Waals surface area contributed by atoms with Crippen molar-refractivity contribution in [1.29, 1.82) is 0 Å². The molecule has 8 heteroatoms. The van der Waals surface area contributed by atoms with Gasteiger partial charge in [0.05, 0.1) is 17.9 Å². The number of hydrogen-bond donors (Lipinski definition) is 2. The number of nitrogens with zero attached hydrogens (tertiary/aromatic N) is 1. The van der Waals surface area contributed by atoms with E-state index in [0.29, 0.717) is 30.4 Å². The molecule has 4 saturated carbocycles.